The molecule has 4 nitrogen and oxygen atoms in total. The number of benzene rings is 3. The first kappa shape index (κ1) is 23.2. The number of aromatic nitrogens is 2. The Labute approximate surface area is 197 Å². The minimum Gasteiger partial charge on any atom is -0.495 e. The zero-order valence-electron chi connectivity index (χ0n) is 17.6. The largest absolute Gasteiger partial charge is 0.495 e. The lowest BCUT2D eigenvalue weighted by molar-refractivity contribution is -0.137. The van der Waals surface area contributed by atoms with E-state index in [-0.39, 0.29) is 11.3 Å². The van der Waals surface area contributed by atoms with Crippen LogP contribution in [0.15, 0.2) is 70.6 Å². The number of hydrogen-bond acceptors (Lipinski definition) is 4. The zero-order valence-corrected chi connectivity index (χ0v) is 19.2. The highest BCUT2D eigenvalue weighted by Gasteiger charge is 2.30. The standard InChI is InChI=1S/C24H18ClF3N2O2S/c1-14-10-20(21(32-2)12-18(14)25)30-22(31)17-8-3-4-9-19(17)29-23(30)33-13-15-6-5-7-16(11-15)24(26,27)28/h3-12H,13H2,1-2H3. The van der Waals surface area contributed by atoms with Gasteiger partial charge in [0, 0.05) is 16.8 Å². The molecule has 4 aromatic rings. The molecule has 0 spiro atoms. The molecular formula is C24H18ClF3N2O2S. The van der Waals surface area contributed by atoms with Crippen molar-refractivity contribution >= 4 is 34.3 Å². The van der Waals surface area contributed by atoms with Crippen LogP contribution in [0.3, 0.4) is 0 Å². The summed E-state index contributed by atoms with van der Waals surface area (Å²) in [6.07, 6.45) is -4.43. The molecule has 0 N–H and O–H groups in total. The number of methoxy groups -OCH3 is 1. The molecule has 9 heteroatoms. The molecule has 0 atom stereocenters. The van der Waals surface area contributed by atoms with Gasteiger partial charge in [-0.05, 0) is 42.3 Å². The lowest BCUT2D eigenvalue weighted by atomic mass is 10.1. The smallest absolute Gasteiger partial charge is 0.416 e. The van der Waals surface area contributed by atoms with Gasteiger partial charge in [-0.1, -0.05) is 53.7 Å². The third-order valence-electron chi connectivity index (χ3n) is 5.07. The summed E-state index contributed by atoms with van der Waals surface area (Å²) in [6.45, 7) is 1.81. The summed E-state index contributed by atoms with van der Waals surface area (Å²) in [6, 6.07) is 15.4. The molecule has 0 aliphatic carbocycles. The summed E-state index contributed by atoms with van der Waals surface area (Å²) in [5.74, 6) is 0.564. The molecular weight excluding hydrogens is 473 g/mol. The SMILES string of the molecule is COc1cc(Cl)c(C)cc1-n1c(SCc2cccc(C(F)(F)F)c2)nc2ccccc2c1=O. The number of rotatable bonds is 5. The first-order chi connectivity index (χ1) is 15.7. The van der Waals surface area contributed by atoms with E-state index in [2.05, 4.69) is 4.98 Å². The van der Waals surface area contributed by atoms with Crippen molar-refractivity contribution in [1.29, 1.82) is 0 Å². The molecule has 0 saturated heterocycles. The fourth-order valence-electron chi connectivity index (χ4n) is 3.39. The topological polar surface area (TPSA) is 44.1 Å². The van der Waals surface area contributed by atoms with Crippen LogP contribution < -0.4 is 10.3 Å². The Bertz CT molecular complexity index is 1400. The van der Waals surface area contributed by atoms with Gasteiger partial charge in [-0.15, -0.1) is 0 Å². The molecule has 4 rings (SSSR count). The number of thioether (sulfide) groups is 1. The van der Waals surface area contributed by atoms with Crippen molar-refractivity contribution in [2.24, 2.45) is 0 Å². The molecule has 170 valence electrons. The Balaban J connectivity index is 1.85. The van der Waals surface area contributed by atoms with Crippen LogP contribution >= 0.6 is 23.4 Å². The van der Waals surface area contributed by atoms with Crippen LogP contribution in [0.5, 0.6) is 5.75 Å². The molecule has 1 heterocycles. The van der Waals surface area contributed by atoms with Gasteiger partial charge in [0.25, 0.3) is 5.56 Å². The number of aryl methyl sites for hydroxylation is 1. The Morgan fingerprint density at radius 1 is 1.09 bits per heavy atom. The van der Waals surface area contributed by atoms with Crippen molar-refractivity contribution in [3.05, 3.63) is 92.7 Å². The van der Waals surface area contributed by atoms with E-state index in [0.717, 1.165) is 17.7 Å². The van der Waals surface area contributed by atoms with Crippen molar-refractivity contribution in [1.82, 2.24) is 9.55 Å². The van der Waals surface area contributed by atoms with Crippen LogP contribution in [0.1, 0.15) is 16.7 Å². The minimum absolute atomic E-state index is 0.184. The highest BCUT2D eigenvalue weighted by atomic mass is 35.5. The molecule has 0 saturated carbocycles. The quantitative estimate of drug-likeness (QED) is 0.231. The molecule has 1 aromatic heterocycles. The van der Waals surface area contributed by atoms with Gasteiger partial charge in [0.05, 0.1) is 29.3 Å². The maximum atomic E-state index is 13.5. The van der Waals surface area contributed by atoms with E-state index in [1.54, 1.807) is 49.4 Å². The molecule has 0 bridgehead atoms. The zero-order chi connectivity index (χ0) is 23.8. The van der Waals surface area contributed by atoms with Crippen LogP contribution in [0.2, 0.25) is 5.02 Å². The number of nitrogens with zero attached hydrogens (tertiary/aromatic N) is 2. The molecule has 0 fully saturated rings. The fourth-order valence-corrected chi connectivity index (χ4v) is 4.50. The van der Waals surface area contributed by atoms with E-state index in [1.807, 2.05) is 0 Å². The number of ether oxygens (including phenoxy) is 1. The third-order valence-corrected chi connectivity index (χ3v) is 6.49. The number of halogens is 4. The summed E-state index contributed by atoms with van der Waals surface area (Å²) >= 11 is 7.41. The Kier molecular flexibility index (Phi) is 6.41. The van der Waals surface area contributed by atoms with Crippen LogP contribution in [0.25, 0.3) is 16.6 Å². The number of hydrogen-bond donors (Lipinski definition) is 0. The Hall–Kier alpha value is -2.97. The predicted molar refractivity (Wildman–Crippen MR) is 125 cm³/mol. The maximum absolute atomic E-state index is 13.5. The van der Waals surface area contributed by atoms with Gasteiger partial charge in [-0.3, -0.25) is 9.36 Å². The average Bonchev–Trinajstić information content (AvgIpc) is 2.79. The van der Waals surface area contributed by atoms with E-state index in [1.165, 1.54) is 29.5 Å². The minimum atomic E-state index is -4.43. The lowest BCUT2D eigenvalue weighted by Crippen LogP contribution is -2.22. The Morgan fingerprint density at radius 3 is 2.58 bits per heavy atom. The highest BCUT2D eigenvalue weighted by molar-refractivity contribution is 7.98. The van der Waals surface area contributed by atoms with Crippen molar-refractivity contribution in [3.63, 3.8) is 0 Å². The molecule has 3 aromatic carbocycles. The predicted octanol–water partition coefficient (Wildman–Crippen LogP) is 6.67. The van der Waals surface area contributed by atoms with Gasteiger partial charge in [0.15, 0.2) is 5.16 Å². The second-order valence-electron chi connectivity index (χ2n) is 7.31. The monoisotopic (exact) mass is 490 g/mol. The van der Waals surface area contributed by atoms with Gasteiger partial charge in [0.1, 0.15) is 5.75 Å². The van der Waals surface area contributed by atoms with E-state index in [9.17, 15) is 18.0 Å². The second kappa shape index (κ2) is 9.11. The fraction of sp³-hybridized carbons (Fsp3) is 0.167. The maximum Gasteiger partial charge on any atom is 0.416 e. The molecule has 0 aliphatic heterocycles. The highest BCUT2D eigenvalue weighted by Crippen LogP contribution is 2.34. The van der Waals surface area contributed by atoms with Crippen LogP contribution in [0.4, 0.5) is 13.2 Å². The summed E-state index contributed by atoms with van der Waals surface area (Å²) < 4.78 is 46.2. The molecule has 0 radical (unpaired) electrons. The molecule has 0 aliphatic rings. The van der Waals surface area contributed by atoms with E-state index in [0.29, 0.717) is 38.1 Å². The van der Waals surface area contributed by atoms with Gasteiger partial charge >= 0.3 is 6.18 Å². The Morgan fingerprint density at radius 2 is 1.85 bits per heavy atom. The summed E-state index contributed by atoms with van der Waals surface area (Å²) in [7, 11) is 1.47. The van der Waals surface area contributed by atoms with E-state index >= 15 is 0 Å². The normalized spacial score (nSPS) is 11.7. The first-order valence-corrected chi connectivity index (χ1v) is 11.2. The average molecular weight is 491 g/mol. The van der Waals surface area contributed by atoms with Gasteiger partial charge in [-0.25, -0.2) is 4.98 Å². The van der Waals surface area contributed by atoms with Crippen molar-refractivity contribution in [3.8, 4) is 11.4 Å². The van der Waals surface area contributed by atoms with Crippen LogP contribution in [0, 0.1) is 6.92 Å². The van der Waals surface area contributed by atoms with Crippen molar-refractivity contribution in [2.45, 2.75) is 24.0 Å². The second-order valence-corrected chi connectivity index (χ2v) is 8.66. The van der Waals surface area contributed by atoms with Crippen LogP contribution in [-0.2, 0) is 11.9 Å². The molecule has 0 amide bonds. The van der Waals surface area contributed by atoms with E-state index in [4.69, 9.17) is 16.3 Å². The van der Waals surface area contributed by atoms with Crippen LogP contribution in [-0.4, -0.2) is 16.7 Å². The van der Waals surface area contributed by atoms with Crippen molar-refractivity contribution < 1.29 is 17.9 Å². The van der Waals surface area contributed by atoms with Gasteiger partial charge < -0.3 is 4.74 Å². The third kappa shape index (κ3) is 4.72. The number of para-hydroxylation sites is 1. The first-order valence-electron chi connectivity index (χ1n) is 9.84. The molecule has 0 unspecified atom stereocenters. The lowest BCUT2D eigenvalue weighted by Gasteiger charge is -2.17. The summed E-state index contributed by atoms with van der Waals surface area (Å²) in [5, 5.41) is 1.22. The van der Waals surface area contributed by atoms with Gasteiger partial charge in [0.2, 0.25) is 0 Å². The van der Waals surface area contributed by atoms with Gasteiger partial charge in [-0.2, -0.15) is 13.2 Å². The van der Waals surface area contributed by atoms with E-state index < -0.39 is 11.7 Å². The number of fused-ring (bicyclic) bond motifs is 1. The summed E-state index contributed by atoms with van der Waals surface area (Å²) in [4.78, 5) is 18.1. The number of alkyl halides is 3. The molecule has 33 heavy (non-hydrogen) atoms. The summed E-state index contributed by atoms with van der Waals surface area (Å²) in [5.41, 5.74) is 1.11. The van der Waals surface area contributed by atoms with Crippen molar-refractivity contribution in [2.75, 3.05) is 7.11 Å².